The summed E-state index contributed by atoms with van der Waals surface area (Å²) in [5.74, 6) is 0.350. The Kier molecular flexibility index (Phi) is 6.49. The van der Waals surface area contributed by atoms with Crippen molar-refractivity contribution in [1.29, 1.82) is 0 Å². The maximum absolute atomic E-state index is 12.3. The standard InChI is InChI=1S/C18H33NO4/c1-8-13-9-14(10-15(20)22-17(2,3)4)12-19(11-13)16(21)23-18(5,6)7/h13-14H,8-12H2,1-7H3/t13-,14-/m1/s1. The van der Waals surface area contributed by atoms with Gasteiger partial charge in [0.1, 0.15) is 11.2 Å². The summed E-state index contributed by atoms with van der Waals surface area (Å²) in [6.07, 6.45) is 2.01. The summed E-state index contributed by atoms with van der Waals surface area (Å²) in [5, 5.41) is 0. The topological polar surface area (TPSA) is 55.8 Å². The molecule has 5 heteroatoms. The van der Waals surface area contributed by atoms with Crippen molar-refractivity contribution in [1.82, 2.24) is 4.90 Å². The highest BCUT2D eigenvalue weighted by atomic mass is 16.6. The largest absolute Gasteiger partial charge is 0.460 e. The number of carbonyl (C=O) groups excluding carboxylic acids is 2. The number of rotatable bonds is 3. The zero-order valence-electron chi connectivity index (χ0n) is 15.8. The Labute approximate surface area is 140 Å². The van der Waals surface area contributed by atoms with Crippen LogP contribution in [0, 0.1) is 11.8 Å². The van der Waals surface area contributed by atoms with E-state index in [0.717, 1.165) is 12.8 Å². The number of ether oxygens (including phenoxy) is 2. The monoisotopic (exact) mass is 327 g/mol. The first kappa shape index (κ1) is 19.8. The van der Waals surface area contributed by atoms with Gasteiger partial charge in [-0.1, -0.05) is 13.3 Å². The predicted molar refractivity (Wildman–Crippen MR) is 90.2 cm³/mol. The third-order valence-corrected chi connectivity index (χ3v) is 3.73. The molecule has 0 N–H and O–H groups in total. The van der Waals surface area contributed by atoms with Crippen LogP contribution >= 0.6 is 0 Å². The zero-order valence-corrected chi connectivity index (χ0v) is 15.8. The van der Waals surface area contributed by atoms with Crippen molar-refractivity contribution in [3.63, 3.8) is 0 Å². The van der Waals surface area contributed by atoms with Gasteiger partial charge in [0.25, 0.3) is 0 Å². The van der Waals surface area contributed by atoms with Crippen LogP contribution in [0.1, 0.15) is 67.7 Å². The Bertz CT molecular complexity index is 420. The molecule has 0 spiro atoms. The highest BCUT2D eigenvalue weighted by molar-refractivity contribution is 5.71. The molecular formula is C18H33NO4. The number of carbonyl (C=O) groups is 2. The fraction of sp³-hybridized carbons (Fsp3) is 0.889. The summed E-state index contributed by atoms with van der Waals surface area (Å²) in [6, 6.07) is 0. The molecule has 0 aromatic carbocycles. The average molecular weight is 327 g/mol. The van der Waals surface area contributed by atoms with Gasteiger partial charge in [-0.2, -0.15) is 0 Å². The molecule has 1 rings (SSSR count). The second kappa shape index (κ2) is 7.54. The number of esters is 1. The average Bonchev–Trinajstić information content (AvgIpc) is 2.33. The Morgan fingerprint density at radius 2 is 1.48 bits per heavy atom. The van der Waals surface area contributed by atoms with E-state index in [-0.39, 0.29) is 18.0 Å². The van der Waals surface area contributed by atoms with Gasteiger partial charge in [0, 0.05) is 13.1 Å². The van der Waals surface area contributed by atoms with Gasteiger partial charge in [-0.05, 0) is 59.8 Å². The Balaban J connectivity index is 2.67. The fourth-order valence-electron chi connectivity index (χ4n) is 2.86. The summed E-state index contributed by atoms with van der Waals surface area (Å²) >= 11 is 0. The molecular weight excluding hydrogens is 294 g/mol. The van der Waals surface area contributed by atoms with Crippen molar-refractivity contribution in [2.45, 2.75) is 78.9 Å². The molecule has 1 fully saturated rings. The van der Waals surface area contributed by atoms with Crippen LogP contribution in [0.25, 0.3) is 0 Å². The molecule has 5 nitrogen and oxygen atoms in total. The van der Waals surface area contributed by atoms with E-state index in [1.165, 1.54) is 0 Å². The summed E-state index contributed by atoms with van der Waals surface area (Å²) < 4.78 is 10.9. The third-order valence-electron chi connectivity index (χ3n) is 3.73. The maximum atomic E-state index is 12.3. The first-order chi connectivity index (χ1) is 10.4. The minimum absolute atomic E-state index is 0.135. The van der Waals surface area contributed by atoms with Crippen LogP contribution in [-0.2, 0) is 14.3 Å². The van der Waals surface area contributed by atoms with Crippen LogP contribution in [0.3, 0.4) is 0 Å². The zero-order chi connectivity index (χ0) is 17.8. The minimum atomic E-state index is -0.503. The van der Waals surface area contributed by atoms with Crippen molar-refractivity contribution in [3.05, 3.63) is 0 Å². The van der Waals surface area contributed by atoms with Crippen LogP contribution < -0.4 is 0 Å². The minimum Gasteiger partial charge on any atom is -0.460 e. The molecule has 0 unspecified atom stereocenters. The van der Waals surface area contributed by atoms with E-state index in [2.05, 4.69) is 6.92 Å². The molecule has 0 saturated carbocycles. The van der Waals surface area contributed by atoms with Gasteiger partial charge in [-0.25, -0.2) is 4.79 Å². The quantitative estimate of drug-likeness (QED) is 0.735. The smallest absolute Gasteiger partial charge is 0.410 e. The Morgan fingerprint density at radius 1 is 0.957 bits per heavy atom. The maximum Gasteiger partial charge on any atom is 0.410 e. The van der Waals surface area contributed by atoms with Crippen LogP contribution in [-0.4, -0.2) is 41.3 Å². The lowest BCUT2D eigenvalue weighted by Crippen LogP contribution is -2.46. The number of hydrogen-bond acceptors (Lipinski definition) is 4. The fourth-order valence-corrected chi connectivity index (χ4v) is 2.86. The van der Waals surface area contributed by atoms with Gasteiger partial charge in [-0.3, -0.25) is 4.79 Å². The molecule has 1 heterocycles. The summed E-state index contributed by atoms with van der Waals surface area (Å²) in [5.41, 5.74) is -0.975. The molecule has 1 amide bonds. The number of piperidine rings is 1. The normalized spacial score (nSPS) is 22.7. The summed E-state index contributed by atoms with van der Waals surface area (Å²) in [6.45, 7) is 14.6. The first-order valence-corrected chi connectivity index (χ1v) is 8.59. The second-order valence-corrected chi connectivity index (χ2v) is 8.55. The second-order valence-electron chi connectivity index (χ2n) is 8.55. The van der Waals surface area contributed by atoms with Crippen molar-refractivity contribution < 1.29 is 19.1 Å². The highest BCUT2D eigenvalue weighted by Gasteiger charge is 2.33. The van der Waals surface area contributed by atoms with Gasteiger partial charge in [0.2, 0.25) is 0 Å². The number of hydrogen-bond donors (Lipinski definition) is 0. The van der Waals surface area contributed by atoms with Crippen LogP contribution in [0.15, 0.2) is 0 Å². The predicted octanol–water partition coefficient (Wildman–Crippen LogP) is 4.00. The molecule has 1 saturated heterocycles. The molecule has 1 aliphatic heterocycles. The van der Waals surface area contributed by atoms with Crippen molar-refractivity contribution in [2.75, 3.05) is 13.1 Å². The molecule has 23 heavy (non-hydrogen) atoms. The van der Waals surface area contributed by atoms with E-state index < -0.39 is 11.2 Å². The van der Waals surface area contributed by atoms with E-state index in [1.54, 1.807) is 4.90 Å². The lowest BCUT2D eigenvalue weighted by Gasteiger charge is -2.38. The molecule has 134 valence electrons. The molecule has 0 aromatic heterocycles. The van der Waals surface area contributed by atoms with E-state index >= 15 is 0 Å². The molecule has 0 bridgehead atoms. The Hall–Kier alpha value is -1.26. The van der Waals surface area contributed by atoms with Crippen LogP contribution in [0.4, 0.5) is 4.79 Å². The molecule has 1 aliphatic rings. The van der Waals surface area contributed by atoms with Gasteiger partial charge >= 0.3 is 12.1 Å². The summed E-state index contributed by atoms with van der Waals surface area (Å²) in [7, 11) is 0. The van der Waals surface area contributed by atoms with Crippen LogP contribution in [0.2, 0.25) is 0 Å². The molecule has 0 aromatic rings. The Morgan fingerprint density at radius 3 is 1.96 bits per heavy atom. The van der Waals surface area contributed by atoms with Crippen molar-refractivity contribution in [2.24, 2.45) is 11.8 Å². The van der Waals surface area contributed by atoms with Gasteiger partial charge in [0.15, 0.2) is 0 Å². The van der Waals surface area contributed by atoms with Gasteiger partial charge in [0.05, 0.1) is 6.42 Å². The lowest BCUT2D eigenvalue weighted by atomic mass is 9.86. The van der Waals surface area contributed by atoms with E-state index in [1.807, 2.05) is 41.5 Å². The van der Waals surface area contributed by atoms with Crippen molar-refractivity contribution in [3.8, 4) is 0 Å². The number of amides is 1. The van der Waals surface area contributed by atoms with Gasteiger partial charge in [-0.15, -0.1) is 0 Å². The van der Waals surface area contributed by atoms with Crippen LogP contribution in [0.5, 0.6) is 0 Å². The SMILES string of the molecule is CC[C@@H]1C[C@H](CC(=O)OC(C)(C)C)CN(C(=O)OC(C)(C)C)C1. The number of likely N-dealkylation sites (tertiary alicyclic amines) is 1. The lowest BCUT2D eigenvalue weighted by molar-refractivity contribution is -0.156. The van der Waals surface area contributed by atoms with E-state index in [9.17, 15) is 9.59 Å². The number of nitrogens with zero attached hydrogens (tertiary/aromatic N) is 1. The third kappa shape index (κ3) is 7.71. The molecule has 2 atom stereocenters. The van der Waals surface area contributed by atoms with E-state index in [4.69, 9.17) is 9.47 Å². The summed E-state index contributed by atoms with van der Waals surface area (Å²) in [4.78, 5) is 26.1. The van der Waals surface area contributed by atoms with Crippen molar-refractivity contribution >= 4 is 12.1 Å². The van der Waals surface area contributed by atoms with Gasteiger partial charge < -0.3 is 14.4 Å². The molecule has 0 aliphatic carbocycles. The van der Waals surface area contributed by atoms with E-state index in [0.29, 0.717) is 25.4 Å². The first-order valence-electron chi connectivity index (χ1n) is 8.59. The highest BCUT2D eigenvalue weighted by Crippen LogP contribution is 2.28. The molecule has 0 radical (unpaired) electrons.